The first-order chi connectivity index (χ1) is 10.1. The van der Waals surface area contributed by atoms with E-state index in [0.717, 1.165) is 12.8 Å². The molecule has 0 aromatic carbocycles. The molecule has 1 aliphatic rings. The highest BCUT2D eigenvalue weighted by atomic mass is 16.5. The smallest absolute Gasteiger partial charge is 0.326 e. The number of carboxylic acid groups (broad SMARTS) is 1. The Balaban J connectivity index is 1.98. The first-order valence-electron chi connectivity index (χ1n) is 6.73. The average molecular weight is 294 g/mol. The largest absolute Gasteiger partial charge is 0.480 e. The summed E-state index contributed by atoms with van der Waals surface area (Å²) in [5.74, 6) is -1.10. The SMILES string of the molecule is COCCOc1cc(C(=O)NC(C(=O)O)C2CC2)ccn1. The van der Waals surface area contributed by atoms with Gasteiger partial charge in [-0.05, 0) is 24.8 Å². The summed E-state index contributed by atoms with van der Waals surface area (Å²) < 4.78 is 10.2. The molecule has 0 aliphatic heterocycles. The van der Waals surface area contributed by atoms with Gasteiger partial charge in [0.25, 0.3) is 5.91 Å². The van der Waals surface area contributed by atoms with Crippen molar-refractivity contribution in [3.63, 3.8) is 0 Å². The minimum absolute atomic E-state index is 0.0331. The fourth-order valence-electron chi connectivity index (χ4n) is 1.89. The van der Waals surface area contributed by atoms with E-state index >= 15 is 0 Å². The number of carbonyl (C=O) groups is 2. The molecule has 1 amide bonds. The quantitative estimate of drug-likeness (QED) is 0.685. The molecule has 0 spiro atoms. The molecule has 1 unspecified atom stereocenters. The predicted octanol–water partition coefficient (Wildman–Crippen LogP) is 0.700. The van der Waals surface area contributed by atoms with Crippen LogP contribution in [-0.2, 0) is 9.53 Å². The number of amides is 1. The molecule has 114 valence electrons. The molecule has 1 fully saturated rings. The number of nitrogens with one attached hydrogen (secondary N) is 1. The number of ether oxygens (including phenoxy) is 2. The number of aromatic nitrogens is 1. The molecule has 7 nitrogen and oxygen atoms in total. The van der Waals surface area contributed by atoms with Crippen molar-refractivity contribution in [2.45, 2.75) is 18.9 Å². The third-order valence-electron chi connectivity index (χ3n) is 3.18. The number of rotatable bonds is 8. The number of nitrogens with zero attached hydrogens (tertiary/aromatic N) is 1. The number of carboxylic acids is 1. The van der Waals surface area contributed by atoms with Crippen molar-refractivity contribution in [3.05, 3.63) is 23.9 Å². The van der Waals surface area contributed by atoms with E-state index in [9.17, 15) is 9.59 Å². The summed E-state index contributed by atoms with van der Waals surface area (Å²) in [6.07, 6.45) is 3.11. The van der Waals surface area contributed by atoms with Crippen LogP contribution >= 0.6 is 0 Å². The second kappa shape index (κ2) is 7.03. The highest BCUT2D eigenvalue weighted by Gasteiger charge is 2.37. The molecule has 1 atom stereocenters. The Kier molecular flexibility index (Phi) is 5.10. The van der Waals surface area contributed by atoms with Crippen LogP contribution in [0.3, 0.4) is 0 Å². The van der Waals surface area contributed by atoms with E-state index in [0.29, 0.717) is 24.7 Å². The van der Waals surface area contributed by atoms with E-state index in [1.807, 2.05) is 0 Å². The van der Waals surface area contributed by atoms with E-state index in [4.69, 9.17) is 14.6 Å². The van der Waals surface area contributed by atoms with Crippen LogP contribution in [0.15, 0.2) is 18.3 Å². The number of aliphatic carboxylic acids is 1. The lowest BCUT2D eigenvalue weighted by Crippen LogP contribution is -2.42. The van der Waals surface area contributed by atoms with Gasteiger partial charge in [-0.15, -0.1) is 0 Å². The molecule has 1 aromatic rings. The van der Waals surface area contributed by atoms with Crippen molar-refractivity contribution in [2.24, 2.45) is 5.92 Å². The van der Waals surface area contributed by atoms with Crippen LogP contribution in [0.1, 0.15) is 23.2 Å². The van der Waals surface area contributed by atoms with Crippen LogP contribution in [0, 0.1) is 5.92 Å². The summed E-state index contributed by atoms with van der Waals surface area (Å²) in [5, 5.41) is 11.7. The van der Waals surface area contributed by atoms with Crippen LogP contribution in [-0.4, -0.2) is 48.3 Å². The zero-order valence-electron chi connectivity index (χ0n) is 11.7. The van der Waals surface area contributed by atoms with Crippen molar-refractivity contribution < 1.29 is 24.2 Å². The van der Waals surface area contributed by atoms with Gasteiger partial charge in [-0.25, -0.2) is 9.78 Å². The summed E-state index contributed by atoms with van der Waals surface area (Å²) in [6, 6.07) is 2.17. The summed E-state index contributed by atoms with van der Waals surface area (Å²) in [6.45, 7) is 0.745. The van der Waals surface area contributed by atoms with Gasteiger partial charge in [-0.2, -0.15) is 0 Å². The van der Waals surface area contributed by atoms with E-state index in [1.165, 1.54) is 18.3 Å². The lowest BCUT2D eigenvalue weighted by Gasteiger charge is -2.13. The zero-order valence-corrected chi connectivity index (χ0v) is 11.7. The molecule has 21 heavy (non-hydrogen) atoms. The van der Waals surface area contributed by atoms with E-state index in [1.54, 1.807) is 7.11 Å². The van der Waals surface area contributed by atoms with Gasteiger partial charge in [0.05, 0.1) is 6.61 Å². The van der Waals surface area contributed by atoms with Crippen LogP contribution < -0.4 is 10.1 Å². The fourth-order valence-corrected chi connectivity index (χ4v) is 1.89. The van der Waals surface area contributed by atoms with Gasteiger partial charge in [0.2, 0.25) is 5.88 Å². The Hall–Kier alpha value is -2.15. The normalized spacial score (nSPS) is 15.3. The van der Waals surface area contributed by atoms with Crippen molar-refractivity contribution in [1.29, 1.82) is 0 Å². The maximum absolute atomic E-state index is 12.1. The summed E-state index contributed by atoms with van der Waals surface area (Å²) in [5.41, 5.74) is 0.323. The molecule has 7 heteroatoms. The minimum atomic E-state index is -1.00. The third kappa shape index (κ3) is 4.42. The van der Waals surface area contributed by atoms with Gasteiger partial charge >= 0.3 is 5.97 Å². The topological polar surface area (TPSA) is 97.8 Å². The Labute approximate surface area is 122 Å². The Morgan fingerprint density at radius 2 is 2.24 bits per heavy atom. The first-order valence-corrected chi connectivity index (χ1v) is 6.73. The molecule has 0 saturated heterocycles. The Morgan fingerprint density at radius 3 is 2.86 bits per heavy atom. The number of hydrogen-bond donors (Lipinski definition) is 2. The van der Waals surface area contributed by atoms with Crippen molar-refractivity contribution in [1.82, 2.24) is 10.3 Å². The molecule has 2 N–H and O–H groups in total. The molecule has 2 rings (SSSR count). The molecule has 1 saturated carbocycles. The third-order valence-corrected chi connectivity index (χ3v) is 3.18. The minimum Gasteiger partial charge on any atom is -0.480 e. The zero-order chi connectivity index (χ0) is 15.2. The molecule has 0 radical (unpaired) electrons. The highest BCUT2D eigenvalue weighted by molar-refractivity contribution is 5.96. The van der Waals surface area contributed by atoms with Crippen molar-refractivity contribution >= 4 is 11.9 Å². The van der Waals surface area contributed by atoms with Crippen LogP contribution in [0.2, 0.25) is 0 Å². The number of pyridine rings is 1. The average Bonchev–Trinajstić information content (AvgIpc) is 3.29. The highest BCUT2D eigenvalue weighted by Crippen LogP contribution is 2.32. The maximum atomic E-state index is 12.1. The molecular weight excluding hydrogens is 276 g/mol. The Bertz CT molecular complexity index is 516. The molecule has 1 aliphatic carbocycles. The van der Waals surface area contributed by atoms with Crippen LogP contribution in [0.5, 0.6) is 5.88 Å². The van der Waals surface area contributed by atoms with Crippen molar-refractivity contribution in [3.8, 4) is 5.88 Å². The van der Waals surface area contributed by atoms with E-state index in [2.05, 4.69) is 10.3 Å². The van der Waals surface area contributed by atoms with Gasteiger partial charge in [0.15, 0.2) is 0 Å². The summed E-state index contributed by atoms with van der Waals surface area (Å²) >= 11 is 0. The van der Waals surface area contributed by atoms with Gasteiger partial charge in [0, 0.05) is 24.9 Å². The molecular formula is C14H18N2O5. The molecule has 0 bridgehead atoms. The maximum Gasteiger partial charge on any atom is 0.326 e. The lowest BCUT2D eigenvalue weighted by atomic mass is 10.1. The van der Waals surface area contributed by atoms with E-state index in [-0.39, 0.29) is 5.92 Å². The second-order valence-corrected chi connectivity index (χ2v) is 4.85. The van der Waals surface area contributed by atoms with Crippen LogP contribution in [0.25, 0.3) is 0 Å². The number of methoxy groups -OCH3 is 1. The number of hydrogen-bond acceptors (Lipinski definition) is 5. The monoisotopic (exact) mass is 294 g/mol. The summed E-state index contributed by atoms with van der Waals surface area (Å²) in [7, 11) is 1.56. The Morgan fingerprint density at radius 1 is 1.48 bits per heavy atom. The van der Waals surface area contributed by atoms with Gasteiger partial charge in [0.1, 0.15) is 12.6 Å². The predicted molar refractivity (Wildman–Crippen MR) is 73.2 cm³/mol. The molecule has 1 aromatic heterocycles. The van der Waals surface area contributed by atoms with Crippen molar-refractivity contribution in [2.75, 3.05) is 20.3 Å². The van der Waals surface area contributed by atoms with Crippen LogP contribution in [0.4, 0.5) is 0 Å². The number of carbonyl (C=O) groups excluding carboxylic acids is 1. The fraction of sp³-hybridized carbons (Fsp3) is 0.500. The molecule has 1 heterocycles. The summed E-state index contributed by atoms with van der Waals surface area (Å²) in [4.78, 5) is 27.2. The van der Waals surface area contributed by atoms with Gasteiger partial charge in [-0.3, -0.25) is 4.79 Å². The van der Waals surface area contributed by atoms with E-state index < -0.39 is 17.9 Å². The van der Waals surface area contributed by atoms with Gasteiger partial charge in [-0.1, -0.05) is 0 Å². The standard InChI is InChI=1S/C14H18N2O5/c1-20-6-7-21-11-8-10(4-5-15-11)13(17)16-12(14(18)19)9-2-3-9/h4-5,8-9,12H,2-3,6-7H2,1H3,(H,16,17)(H,18,19). The van der Waals surface area contributed by atoms with Gasteiger partial charge < -0.3 is 19.9 Å². The second-order valence-electron chi connectivity index (χ2n) is 4.85. The lowest BCUT2D eigenvalue weighted by molar-refractivity contribution is -0.139. The first kappa shape index (κ1) is 15.2.